The molecule has 1 aromatic carbocycles. The van der Waals surface area contributed by atoms with Crippen molar-refractivity contribution in [1.29, 1.82) is 0 Å². The van der Waals surface area contributed by atoms with Gasteiger partial charge in [-0.05, 0) is 23.8 Å². The van der Waals surface area contributed by atoms with Gasteiger partial charge in [0.25, 0.3) is 0 Å². The second-order valence-corrected chi connectivity index (χ2v) is 7.33. The molecule has 0 saturated carbocycles. The number of benzene rings is 1. The Morgan fingerprint density at radius 3 is 2.21 bits per heavy atom. The molecule has 2 atom stereocenters. The van der Waals surface area contributed by atoms with Gasteiger partial charge in [0.15, 0.2) is 0 Å². The Morgan fingerprint density at radius 1 is 1.08 bits per heavy atom. The van der Waals surface area contributed by atoms with E-state index in [-0.39, 0.29) is 0 Å². The summed E-state index contributed by atoms with van der Waals surface area (Å²) in [6.07, 6.45) is -1.20. The summed E-state index contributed by atoms with van der Waals surface area (Å²) in [5.41, 5.74) is 1.19. The van der Waals surface area contributed by atoms with Gasteiger partial charge in [-0.2, -0.15) is 0 Å². The first kappa shape index (κ1) is 20.5. The van der Waals surface area contributed by atoms with Crippen LogP contribution in [0.15, 0.2) is 30.3 Å². The lowest BCUT2D eigenvalue weighted by Crippen LogP contribution is -2.49. The quantitative estimate of drug-likeness (QED) is 0.613. The highest BCUT2D eigenvalue weighted by Crippen LogP contribution is 2.13. The minimum absolute atomic E-state index is 0.309. The van der Waals surface area contributed by atoms with Gasteiger partial charge >= 0.3 is 6.09 Å². The molecule has 5 nitrogen and oxygen atoms in total. The fourth-order valence-electron chi connectivity index (χ4n) is 2.93. The van der Waals surface area contributed by atoms with E-state index in [1.165, 1.54) is 5.56 Å². The predicted octanol–water partition coefficient (Wildman–Crippen LogP) is 3.19. The van der Waals surface area contributed by atoms with Crippen LogP contribution in [-0.2, 0) is 6.54 Å². The van der Waals surface area contributed by atoms with Crippen molar-refractivity contribution < 1.29 is 15.0 Å². The summed E-state index contributed by atoms with van der Waals surface area (Å²) in [6.45, 7) is 10.4. The van der Waals surface area contributed by atoms with E-state index in [0.717, 1.165) is 13.1 Å². The van der Waals surface area contributed by atoms with Crippen LogP contribution in [0, 0.1) is 11.8 Å². The Hall–Kier alpha value is -1.59. The van der Waals surface area contributed by atoms with Gasteiger partial charge in [0, 0.05) is 19.6 Å². The molecule has 136 valence electrons. The molecule has 0 fully saturated rings. The number of aliphatic hydroxyl groups excluding tert-OH is 1. The number of hydrogen-bond donors (Lipinski definition) is 3. The Kier molecular flexibility index (Phi) is 8.79. The summed E-state index contributed by atoms with van der Waals surface area (Å²) in [5.74, 6) is 0.779. The molecule has 1 aromatic rings. The van der Waals surface area contributed by atoms with Crippen LogP contribution in [0.2, 0.25) is 0 Å². The van der Waals surface area contributed by atoms with Crippen LogP contribution in [-0.4, -0.2) is 46.4 Å². The van der Waals surface area contributed by atoms with Gasteiger partial charge in [0.05, 0.1) is 12.1 Å². The maximum absolute atomic E-state index is 11.0. The molecule has 0 radical (unpaired) electrons. The van der Waals surface area contributed by atoms with Crippen LogP contribution in [0.25, 0.3) is 0 Å². The molecule has 0 bridgehead atoms. The highest BCUT2D eigenvalue weighted by atomic mass is 16.4. The van der Waals surface area contributed by atoms with Crippen LogP contribution in [0.3, 0.4) is 0 Å². The Morgan fingerprint density at radius 2 is 1.71 bits per heavy atom. The van der Waals surface area contributed by atoms with E-state index < -0.39 is 18.2 Å². The van der Waals surface area contributed by atoms with Crippen molar-refractivity contribution in [2.24, 2.45) is 11.8 Å². The smallest absolute Gasteiger partial charge is 0.404 e. The summed E-state index contributed by atoms with van der Waals surface area (Å²) >= 11 is 0. The predicted molar refractivity (Wildman–Crippen MR) is 97.0 cm³/mol. The van der Waals surface area contributed by atoms with Crippen LogP contribution in [0.4, 0.5) is 4.79 Å². The molecule has 0 aliphatic carbocycles. The number of carbonyl (C=O) groups is 1. The summed E-state index contributed by atoms with van der Waals surface area (Å²) < 4.78 is 0. The summed E-state index contributed by atoms with van der Waals surface area (Å²) in [4.78, 5) is 13.2. The highest BCUT2D eigenvalue weighted by Gasteiger charge is 2.24. The van der Waals surface area contributed by atoms with Gasteiger partial charge in [-0.1, -0.05) is 58.0 Å². The van der Waals surface area contributed by atoms with Gasteiger partial charge in [0.1, 0.15) is 0 Å². The minimum atomic E-state index is -1.09. The molecule has 0 aliphatic heterocycles. The van der Waals surface area contributed by atoms with Crippen molar-refractivity contribution in [3.63, 3.8) is 0 Å². The lowest BCUT2D eigenvalue weighted by Gasteiger charge is -2.31. The Labute approximate surface area is 145 Å². The van der Waals surface area contributed by atoms with E-state index in [9.17, 15) is 9.90 Å². The summed E-state index contributed by atoms with van der Waals surface area (Å²) in [6, 6.07) is 9.69. The molecule has 0 aliphatic rings. The van der Waals surface area contributed by atoms with Crippen LogP contribution in [0.5, 0.6) is 0 Å². The lowest BCUT2D eigenvalue weighted by molar-refractivity contribution is 0.0636. The zero-order valence-electron chi connectivity index (χ0n) is 15.3. The molecule has 2 unspecified atom stereocenters. The largest absolute Gasteiger partial charge is 0.465 e. The third kappa shape index (κ3) is 8.31. The van der Waals surface area contributed by atoms with Crippen molar-refractivity contribution in [3.05, 3.63) is 35.9 Å². The average molecular weight is 336 g/mol. The zero-order chi connectivity index (χ0) is 18.1. The van der Waals surface area contributed by atoms with E-state index in [4.69, 9.17) is 5.11 Å². The van der Waals surface area contributed by atoms with Crippen molar-refractivity contribution in [2.75, 3.05) is 13.1 Å². The monoisotopic (exact) mass is 336 g/mol. The minimum Gasteiger partial charge on any atom is -0.465 e. The number of aliphatic hydroxyl groups is 1. The second-order valence-electron chi connectivity index (χ2n) is 7.33. The zero-order valence-corrected chi connectivity index (χ0v) is 15.3. The van der Waals surface area contributed by atoms with E-state index in [1.807, 2.05) is 32.0 Å². The van der Waals surface area contributed by atoms with Crippen molar-refractivity contribution in [3.8, 4) is 0 Å². The Bertz CT molecular complexity index is 477. The SMILES string of the molecule is CC(C)CC(NC(=O)O)C(O)CN(Cc1ccccc1)CC(C)C. The number of rotatable bonds is 10. The van der Waals surface area contributed by atoms with Crippen LogP contribution in [0.1, 0.15) is 39.7 Å². The van der Waals surface area contributed by atoms with Crippen molar-refractivity contribution in [1.82, 2.24) is 10.2 Å². The van der Waals surface area contributed by atoms with Crippen LogP contribution < -0.4 is 5.32 Å². The standard InChI is InChI=1S/C19H32N2O3/c1-14(2)10-17(20-19(23)24)18(22)13-21(11-15(3)4)12-16-8-6-5-7-9-16/h5-9,14-15,17-18,20,22H,10-13H2,1-4H3,(H,23,24). The molecule has 3 N–H and O–H groups in total. The normalized spacial score (nSPS) is 14.2. The molecular weight excluding hydrogens is 304 g/mol. The van der Waals surface area contributed by atoms with E-state index >= 15 is 0 Å². The van der Waals surface area contributed by atoms with Gasteiger partial charge in [-0.25, -0.2) is 4.79 Å². The number of carboxylic acid groups (broad SMARTS) is 1. The molecule has 0 spiro atoms. The van der Waals surface area contributed by atoms with Crippen molar-refractivity contribution in [2.45, 2.75) is 52.8 Å². The summed E-state index contributed by atoms with van der Waals surface area (Å²) in [7, 11) is 0. The number of hydrogen-bond acceptors (Lipinski definition) is 3. The topological polar surface area (TPSA) is 72.8 Å². The molecule has 1 amide bonds. The first-order chi connectivity index (χ1) is 11.3. The fraction of sp³-hybridized carbons (Fsp3) is 0.632. The molecule has 0 saturated heterocycles. The van der Waals surface area contributed by atoms with E-state index in [2.05, 4.69) is 36.2 Å². The third-order valence-electron chi connectivity index (χ3n) is 3.82. The number of amides is 1. The van der Waals surface area contributed by atoms with Crippen molar-refractivity contribution >= 4 is 6.09 Å². The van der Waals surface area contributed by atoms with Gasteiger partial charge in [-0.15, -0.1) is 0 Å². The van der Waals surface area contributed by atoms with Crippen LogP contribution >= 0.6 is 0 Å². The first-order valence-corrected chi connectivity index (χ1v) is 8.71. The van der Waals surface area contributed by atoms with Gasteiger partial charge < -0.3 is 15.5 Å². The number of nitrogens with one attached hydrogen (secondary N) is 1. The molecule has 0 heterocycles. The Balaban J connectivity index is 2.76. The summed E-state index contributed by atoms with van der Waals surface area (Å²) in [5, 5.41) is 22.1. The second kappa shape index (κ2) is 10.3. The maximum Gasteiger partial charge on any atom is 0.404 e. The maximum atomic E-state index is 11.0. The number of nitrogens with zero attached hydrogens (tertiary/aromatic N) is 1. The molecule has 24 heavy (non-hydrogen) atoms. The first-order valence-electron chi connectivity index (χ1n) is 8.71. The van der Waals surface area contributed by atoms with E-state index in [0.29, 0.717) is 24.8 Å². The van der Waals surface area contributed by atoms with Gasteiger partial charge in [0.2, 0.25) is 0 Å². The fourth-order valence-corrected chi connectivity index (χ4v) is 2.93. The lowest BCUT2D eigenvalue weighted by atomic mass is 9.98. The third-order valence-corrected chi connectivity index (χ3v) is 3.82. The molecule has 1 rings (SSSR count). The average Bonchev–Trinajstić information content (AvgIpc) is 2.45. The molecule has 0 aromatic heterocycles. The molecular formula is C19H32N2O3. The highest BCUT2D eigenvalue weighted by molar-refractivity contribution is 5.64. The van der Waals surface area contributed by atoms with Gasteiger partial charge in [-0.3, -0.25) is 4.90 Å². The molecule has 5 heteroatoms. The van der Waals surface area contributed by atoms with E-state index in [1.54, 1.807) is 0 Å².